The van der Waals surface area contributed by atoms with E-state index in [1.54, 1.807) is 0 Å². The van der Waals surface area contributed by atoms with E-state index in [-0.39, 0.29) is 19.6 Å². The average Bonchev–Trinajstić information content (AvgIpc) is 0.918. The summed E-state index contributed by atoms with van der Waals surface area (Å²) in [7, 11) is 0. The number of nitrogens with one attached hydrogen (secondary N) is 1. The Morgan fingerprint density at radius 2 is 1.20 bits per heavy atom. The third kappa shape index (κ3) is 46.6. The maximum atomic E-state index is 3.40. The molecule has 0 atom stereocenters. The van der Waals surface area contributed by atoms with Crippen LogP contribution in [0.5, 0.6) is 0 Å². The fourth-order valence-corrected chi connectivity index (χ4v) is 0. The van der Waals surface area contributed by atoms with Crippen LogP contribution in [-0.2, 0) is 0 Å². The molecule has 4 N–H and O–H groups in total. The van der Waals surface area contributed by atoms with Crippen LogP contribution >= 0.6 is 39.1 Å². The van der Waals surface area contributed by atoms with Gasteiger partial charge in [-0.25, -0.2) is 4.13 Å². The molecule has 0 saturated carbocycles. The van der Waals surface area contributed by atoms with Crippen LogP contribution in [0.2, 0.25) is 0 Å². The Balaban J connectivity index is -0.0000000200. The predicted octanol–water partition coefficient (Wildman–Crippen LogP) is 0.540. The quantitative estimate of drug-likeness (QED) is 0.364. The third-order valence-corrected chi connectivity index (χ3v) is 0. The molecule has 36 valence electrons. The second-order valence-electron chi connectivity index (χ2n) is 0.100. The normalized spacial score (nSPS) is 3.60. The SMILES string of the molecule is N.S.SNS. The van der Waals surface area contributed by atoms with E-state index < -0.39 is 0 Å². The highest BCUT2D eigenvalue weighted by Gasteiger charge is 1.26. The van der Waals surface area contributed by atoms with Gasteiger partial charge in [0.1, 0.15) is 0 Å². The molecule has 2 nitrogen and oxygen atoms in total. The van der Waals surface area contributed by atoms with Crippen molar-refractivity contribution in [3.63, 3.8) is 0 Å². The lowest BCUT2D eigenvalue weighted by Crippen LogP contribution is -1.60. The van der Waals surface area contributed by atoms with Gasteiger partial charge in [0.2, 0.25) is 0 Å². The molecule has 0 rings (SSSR count). The standard InChI is InChI=1S/H3NS2.H3N.H2S/c2-1-3;;/h1-3H;1H3;1H2. The zero-order valence-electron chi connectivity index (χ0n) is 2.60. The van der Waals surface area contributed by atoms with Gasteiger partial charge in [-0.05, 0) is 0 Å². The van der Waals surface area contributed by atoms with E-state index in [1.807, 2.05) is 0 Å². The Bertz CT molecular complexity index is 4.85. The first kappa shape index (κ1) is 16.7. The Kier molecular flexibility index (Phi) is 67.5. The predicted molar refractivity (Wildman–Crippen MR) is 36.5 cm³/mol. The minimum atomic E-state index is 0. The summed E-state index contributed by atoms with van der Waals surface area (Å²) in [5.41, 5.74) is 0. The minimum Gasteiger partial charge on any atom is -0.344 e. The van der Waals surface area contributed by atoms with E-state index in [4.69, 9.17) is 0 Å². The highest BCUT2D eigenvalue weighted by Crippen LogP contribution is 1.54. The molecule has 0 unspecified atom stereocenters. The monoisotopic (exact) mass is 132 g/mol. The summed E-state index contributed by atoms with van der Waals surface area (Å²) >= 11 is 6.81. The summed E-state index contributed by atoms with van der Waals surface area (Å²) in [5, 5.41) is 0. The van der Waals surface area contributed by atoms with Crippen LogP contribution in [0.4, 0.5) is 0 Å². The van der Waals surface area contributed by atoms with Crippen molar-refractivity contribution in [2.45, 2.75) is 0 Å². The lowest BCUT2D eigenvalue weighted by atomic mass is 13.9. The van der Waals surface area contributed by atoms with E-state index in [0.29, 0.717) is 0 Å². The number of rotatable bonds is 0. The van der Waals surface area contributed by atoms with Crippen molar-refractivity contribution in [1.29, 1.82) is 0 Å². The van der Waals surface area contributed by atoms with Crippen molar-refractivity contribution in [3.05, 3.63) is 0 Å². The van der Waals surface area contributed by atoms with Crippen molar-refractivity contribution in [2.75, 3.05) is 0 Å². The average molecular weight is 132 g/mol. The lowest BCUT2D eigenvalue weighted by molar-refractivity contribution is 1.83. The van der Waals surface area contributed by atoms with Crippen molar-refractivity contribution in [3.8, 4) is 0 Å². The van der Waals surface area contributed by atoms with Gasteiger partial charge in [-0.1, -0.05) is 25.6 Å². The molecule has 0 saturated heterocycles. The second kappa shape index (κ2) is 20.2. The minimum absolute atomic E-state index is 0. The van der Waals surface area contributed by atoms with Gasteiger partial charge in [0.15, 0.2) is 0 Å². The van der Waals surface area contributed by atoms with Gasteiger partial charge in [0.05, 0.1) is 0 Å². The largest absolute Gasteiger partial charge is 0.344 e. The van der Waals surface area contributed by atoms with E-state index >= 15 is 0 Å². The fraction of sp³-hybridized carbons (Fsp3) is 0. The molecule has 0 aromatic heterocycles. The Morgan fingerprint density at radius 1 is 1.20 bits per heavy atom. The van der Waals surface area contributed by atoms with Crippen LogP contribution < -0.4 is 10.3 Å². The molecule has 0 heterocycles. The number of hydrogen-bond donors (Lipinski definition) is 4. The molecule has 0 aliphatic rings. The molecule has 0 aliphatic heterocycles. The summed E-state index contributed by atoms with van der Waals surface area (Å²) in [6.45, 7) is 0. The summed E-state index contributed by atoms with van der Waals surface area (Å²) in [5.74, 6) is 0. The summed E-state index contributed by atoms with van der Waals surface area (Å²) in [6.07, 6.45) is 0. The topological polar surface area (TPSA) is 47.0 Å². The summed E-state index contributed by atoms with van der Waals surface area (Å²) < 4.78 is 2.14. The van der Waals surface area contributed by atoms with Gasteiger partial charge in [0.25, 0.3) is 0 Å². The van der Waals surface area contributed by atoms with Crippen molar-refractivity contribution < 1.29 is 0 Å². The summed E-state index contributed by atoms with van der Waals surface area (Å²) in [4.78, 5) is 0. The molecular weight excluding hydrogens is 124 g/mol. The number of thiol groups is 2. The Labute approximate surface area is 49.8 Å². The van der Waals surface area contributed by atoms with Gasteiger partial charge in [0, 0.05) is 0 Å². The van der Waals surface area contributed by atoms with Crippen molar-refractivity contribution in [2.24, 2.45) is 0 Å². The molecule has 0 spiro atoms. The van der Waals surface area contributed by atoms with Crippen LogP contribution in [0.25, 0.3) is 0 Å². The molecule has 0 radical (unpaired) electrons. The molecule has 5 heavy (non-hydrogen) atoms. The van der Waals surface area contributed by atoms with Gasteiger partial charge in [-0.15, -0.1) is 0 Å². The number of hydrogen-bond acceptors (Lipinski definition) is 4. The highest BCUT2D eigenvalue weighted by molar-refractivity contribution is 7.94. The van der Waals surface area contributed by atoms with Crippen molar-refractivity contribution >= 4 is 39.1 Å². The third-order valence-electron chi connectivity index (χ3n) is 0. The first-order chi connectivity index (χ1) is 1.41. The van der Waals surface area contributed by atoms with E-state index in [2.05, 4.69) is 29.8 Å². The van der Waals surface area contributed by atoms with Crippen LogP contribution in [0.15, 0.2) is 0 Å². The van der Waals surface area contributed by atoms with E-state index in [9.17, 15) is 0 Å². The van der Waals surface area contributed by atoms with Gasteiger partial charge in [-0.3, -0.25) is 0 Å². The molecule has 0 aliphatic carbocycles. The molecule has 0 bridgehead atoms. The van der Waals surface area contributed by atoms with Crippen LogP contribution in [0.3, 0.4) is 0 Å². The van der Waals surface area contributed by atoms with Crippen LogP contribution in [0.1, 0.15) is 0 Å². The molecule has 0 aromatic rings. The molecular formula is H8N2S3. The Morgan fingerprint density at radius 3 is 1.20 bits per heavy atom. The Hall–Kier alpha value is 0.970. The summed E-state index contributed by atoms with van der Waals surface area (Å²) in [6, 6.07) is 0. The first-order valence-electron chi connectivity index (χ1n) is 0.447. The molecule has 0 fully saturated rings. The maximum Gasteiger partial charge on any atom is -0.0891 e. The lowest BCUT2D eigenvalue weighted by Gasteiger charge is -1.57. The molecule has 0 aromatic carbocycles. The zero-order chi connectivity index (χ0) is 2.71. The zero-order valence-corrected chi connectivity index (χ0v) is 5.39. The maximum absolute atomic E-state index is 3.40. The molecule has 5 heteroatoms. The molecule has 0 amide bonds. The second-order valence-corrected chi connectivity index (χ2v) is 0.900. The van der Waals surface area contributed by atoms with E-state index in [0.717, 1.165) is 0 Å². The van der Waals surface area contributed by atoms with Crippen molar-refractivity contribution in [1.82, 2.24) is 10.3 Å². The van der Waals surface area contributed by atoms with Gasteiger partial charge in [-0.2, -0.15) is 13.5 Å². The van der Waals surface area contributed by atoms with Crippen LogP contribution in [0, 0.1) is 0 Å². The van der Waals surface area contributed by atoms with Gasteiger partial charge < -0.3 is 6.15 Å². The fourth-order valence-electron chi connectivity index (χ4n) is 0. The van der Waals surface area contributed by atoms with Gasteiger partial charge >= 0.3 is 0 Å². The first-order valence-corrected chi connectivity index (χ1v) is 1.34. The highest BCUT2D eigenvalue weighted by atomic mass is 32.2. The van der Waals surface area contributed by atoms with E-state index in [1.165, 1.54) is 0 Å². The smallest absolute Gasteiger partial charge is 0.0891 e. The van der Waals surface area contributed by atoms with Crippen LogP contribution in [-0.4, -0.2) is 0 Å².